The van der Waals surface area contributed by atoms with E-state index >= 15 is 0 Å². The number of nitrogens with two attached hydrogens (primary N) is 1. The van der Waals surface area contributed by atoms with Gasteiger partial charge in [-0.2, -0.15) is 0 Å². The van der Waals surface area contributed by atoms with Crippen LogP contribution in [0.4, 0.5) is 5.69 Å². The van der Waals surface area contributed by atoms with E-state index in [-0.39, 0.29) is 6.10 Å². The minimum Gasteiger partial charge on any atom is -0.491 e. The van der Waals surface area contributed by atoms with Crippen molar-refractivity contribution in [1.82, 2.24) is 0 Å². The van der Waals surface area contributed by atoms with E-state index in [0.717, 1.165) is 28.1 Å². The molecule has 94 valence electrons. The summed E-state index contributed by atoms with van der Waals surface area (Å²) in [6.07, 6.45) is 0.196. The van der Waals surface area contributed by atoms with Crippen molar-refractivity contribution < 1.29 is 4.74 Å². The molecule has 0 saturated carbocycles. The van der Waals surface area contributed by atoms with Crippen LogP contribution in [-0.4, -0.2) is 6.10 Å². The van der Waals surface area contributed by atoms with E-state index in [2.05, 4.69) is 25.1 Å². The highest BCUT2D eigenvalue weighted by Crippen LogP contribution is 2.27. The minimum absolute atomic E-state index is 0.196. The maximum Gasteiger partial charge on any atom is 0.122 e. The Hall–Kier alpha value is -1.96. The smallest absolute Gasteiger partial charge is 0.122 e. The Kier molecular flexibility index (Phi) is 3.56. The fourth-order valence-electron chi connectivity index (χ4n) is 1.93. The van der Waals surface area contributed by atoms with Gasteiger partial charge in [-0.3, -0.25) is 0 Å². The van der Waals surface area contributed by atoms with E-state index in [1.165, 1.54) is 0 Å². The third kappa shape index (κ3) is 2.83. The van der Waals surface area contributed by atoms with Crippen molar-refractivity contribution in [3.8, 4) is 16.9 Å². The predicted molar refractivity (Wildman–Crippen MR) is 76.8 cm³/mol. The van der Waals surface area contributed by atoms with E-state index in [4.69, 9.17) is 10.5 Å². The van der Waals surface area contributed by atoms with Gasteiger partial charge in [-0.15, -0.1) is 0 Å². The largest absolute Gasteiger partial charge is 0.491 e. The summed E-state index contributed by atoms with van der Waals surface area (Å²) < 4.78 is 5.73. The molecule has 0 aliphatic carbocycles. The van der Waals surface area contributed by atoms with Crippen molar-refractivity contribution in [1.29, 1.82) is 0 Å². The number of hydrogen-bond donors (Lipinski definition) is 1. The average Bonchev–Trinajstić information content (AvgIpc) is 2.31. The molecule has 18 heavy (non-hydrogen) atoms. The van der Waals surface area contributed by atoms with Crippen molar-refractivity contribution in [2.75, 3.05) is 5.73 Å². The van der Waals surface area contributed by atoms with Crippen LogP contribution in [0.3, 0.4) is 0 Å². The lowest BCUT2D eigenvalue weighted by Gasteiger charge is -2.13. The molecular formula is C16H19NO. The topological polar surface area (TPSA) is 35.2 Å². The number of rotatable bonds is 3. The molecule has 0 saturated heterocycles. The number of anilines is 1. The third-order valence-corrected chi connectivity index (χ3v) is 2.76. The molecule has 0 aliphatic rings. The Morgan fingerprint density at radius 3 is 2.33 bits per heavy atom. The lowest BCUT2D eigenvalue weighted by Crippen LogP contribution is -2.06. The highest BCUT2D eigenvalue weighted by atomic mass is 16.5. The Bertz CT molecular complexity index is 547. The fraction of sp³-hybridized carbons (Fsp3) is 0.250. The molecule has 2 N–H and O–H groups in total. The molecule has 0 bridgehead atoms. The molecule has 0 aromatic heterocycles. The standard InChI is InChI=1S/C16H19NO/c1-11(2)18-16-8-7-14(9-12(16)3)13-5-4-6-15(17)10-13/h4-11H,17H2,1-3H3. The van der Waals surface area contributed by atoms with Crippen LogP contribution in [0.15, 0.2) is 42.5 Å². The first-order chi connectivity index (χ1) is 8.56. The van der Waals surface area contributed by atoms with Gasteiger partial charge in [-0.25, -0.2) is 0 Å². The predicted octanol–water partition coefficient (Wildman–Crippen LogP) is 4.03. The van der Waals surface area contributed by atoms with E-state index in [1.807, 2.05) is 38.1 Å². The first-order valence-corrected chi connectivity index (χ1v) is 6.19. The minimum atomic E-state index is 0.196. The van der Waals surface area contributed by atoms with Gasteiger partial charge in [-0.1, -0.05) is 18.2 Å². The Labute approximate surface area is 108 Å². The SMILES string of the molecule is Cc1cc(-c2cccc(N)c2)ccc1OC(C)C. The molecular weight excluding hydrogens is 222 g/mol. The quantitative estimate of drug-likeness (QED) is 0.823. The summed E-state index contributed by atoms with van der Waals surface area (Å²) in [7, 11) is 0. The maximum atomic E-state index is 5.81. The van der Waals surface area contributed by atoms with Gasteiger partial charge < -0.3 is 10.5 Å². The summed E-state index contributed by atoms with van der Waals surface area (Å²) in [4.78, 5) is 0. The molecule has 0 spiro atoms. The van der Waals surface area contributed by atoms with Crippen molar-refractivity contribution in [2.45, 2.75) is 26.9 Å². The molecule has 0 radical (unpaired) electrons. The second-order valence-corrected chi connectivity index (χ2v) is 4.77. The molecule has 2 aromatic carbocycles. The lowest BCUT2D eigenvalue weighted by atomic mass is 10.0. The van der Waals surface area contributed by atoms with Gasteiger partial charge in [0.05, 0.1) is 6.10 Å². The second-order valence-electron chi connectivity index (χ2n) is 4.77. The van der Waals surface area contributed by atoms with Gasteiger partial charge >= 0.3 is 0 Å². The van der Waals surface area contributed by atoms with Crippen LogP contribution in [0.2, 0.25) is 0 Å². The van der Waals surface area contributed by atoms with Crippen LogP contribution in [0.5, 0.6) is 5.75 Å². The zero-order chi connectivity index (χ0) is 13.1. The number of ether oxygens (including phenoxy) is 1. The summed E-state index contributed by atoms with van der Waals surface area (Å²) in [5, 5.41) is 0. The van der Waals surface area contributed by atoms with Crippen LogP contribution in [0.25, 0.3) is 11.1 Å². The molecule has 2 aromatic rings. The zero-order valence-electron chi connectivity index (χ0n) is 11.1. The van der Waals surface area contributed by atoms with Crippen molar-refractivity contribution in [3.05, 3.63) is 48.0 Å². The number of hydrogen-bond acceptors (Lipinski definition) is 2. The molecule has 2 rings (SSSR count). The summed E-state index contributed by atoms with van der Waals surface area (Å²) in [6.45, 7) is 6.13. The van der Waals surface area contributed by atoms with Gasteiger partial charge in [0.15, 0.2) is 0 Å². The first-order valence-electron chi connectivity index (χ1n) is 6.19. The van der Waals surface area contributed by atoms with Crippen LogP contribution in [0.1, 0.15) is 19.4 Å². The summed E-state index contributed by atoms with van der Waals surface area (Å²) >= 11 is 0. The van der Waals surface area contributed by atoms with Crippen LogP contribution in [-0.2, 0) is 0 Å². The number of benzene rings is 2. The molecule has 0 heterocycles. The summed E-state index contributed by atoms with van der Waals surface area (Å²) in [5.41, 5.74) is 10.0. The average molecular weight is 241 g/mol. The van der Waals surface area contributed by atoms with Gasteiger partial charge in [0.1, 0.15) is 5.75 Å². The van der Waals surface area contributed by atoms with Crippen LogP contribution < -0.4 is 10.5 Å². The van der Waals surface area contributed by atoms with Crippen molar-refractivity contribution >= 4 is 5.69 Å². The van der Waals surface area contributed by atoms with Crippen LogP contribution in [0, 0.1) is 6.92 Å². The first kappa shape index (κ1) is 12.5. The summed E-state index contributed by atoms with van der Waals surface area (Å²) in [6, 6.07) is 14.1. The van der Waals surface area contributed by atoms with E-state index < -0.39 is 0 Å². The van der Waals surface area contributed by atoms with Crippen LogP contribution >= 0.6 is 0 Å². The maximum absolute atomic E-state index is 5.81. The third-order valence-electron chi connectivity index (χ3n) is 2.76. The molecule has 0 aliphatic heterocycles. The lowest BCUT2D eigenvalue weighted by molar-refractivity contribution is 0.241. The molecule has 0 fully saturated rings. The van der Waals surface area contributed by atoms with Gasteiger partial charge in [0, 0.05) is 5.69 Å². The van der Waals surface area contributed by atoms with Gasteiger partial charge in [0.2, 0.25) is 0 Å². The normalized spacial score (nSPS) is 10.7. The fourth-order valence-corrected chi connectivity index (χ4v) is 1.93. The highest BCUT2D eigenvalue weighted by molar-refractivity contribution is 5.68. The molecule has 2 nitrogen and oxygen atoms in total. The highest BCUT2D eigenvalue weighted by Gasteiger charge is 2.05. The summed E-state index contributed by atoms with van der Waals surface area (Å²) in [5.74, 6) is 0.942. The zero-order valence-corrected chi connectivity index (χ0v) is 11.1. The number of nitrogen functional groups attached to an aromatic ring is 1. The van der Waals surface area contributed by atoms with Gasteiger partial charge in [-0.05, 0) is 61.7 Å². The monoisotopic (exact) mass is 241 g/mol. The molecule has 2 heteroatoms. The molecule has 0 unspecified atom stereocenters. The van der Waals surface area contributed by atoms with E-state index in [1.54, 1.807) is 0 Å². The Morgan fingerprint density at radius 1 is 1.00 bits per heavy atom. The Morgan fingerprint density at radius 2 is 1.72 bits per heavy atom. The molecule has 0 atom stereocenters. The van der Waals surface area contributed by atoms with Gasteiger partial charge in [0.25, 0.3) is 0 Å². The van der Waals surface area contributed by atoms with Crippen molar-refractivity contribution in [3.63, 3.8) is 0 Å². The Balaban J connectivity index is 2.34. The number of aryl methyl sites for hydroxylation is 1. The second kappa shape index (κ2) is 5.13. The molecule has 0 amide bonds. The van der Waals surface area contributed by atoms with E-state index in [0.29, 0.717) is 0 Å². The van der Waals surface area contributed by atoms with Crippen molar-refractivity contribution in [2.24, 2.45) is 0 Å². The van der Waals surface area contributed by atoms with E-state index in [9.17, 15) is 0 Å².